The molecule has 0 N–H and O–H groups in total. The second-order valence-electron chi connectivity index (χ2n) is 14.4. The summed E-state index contributed by atoms with van der Waals surface area (Å²) in [6.07, 6.45) is 1.88. The lowest BCUT2D eigenvalue weighted by molar-refractivity contribution is 0.670. The van der Waals surface area contributed by atoms with Crippen LogP contribution in [0.5, 0.6) is 0 Å². The fourth-order valence-electron chi connectivity index (χ4n) is 8.39. The molecule has 0 bridgehead atoms. The van der Waals surface area contributed by atoms with Gasteiger partial charge in [-0.1, -0.05) is 140 Å². The van der Waals surface area contributed by atoms with Gasteiger partial charge in [-0.2, -0.15) is 0 Å². The lowest BCUT2D eigenvalue weighted by Gasteiger charge is -2.27. The average Bonchev–Trinajstić information content (AvgIpc) is 3.84. The lowest BCUT2D eigenvalue weighted by Crippen LogP contribution is -2.11. The molecule has 4 heteroatoms. The second kappa shape index (κ2) is 13.6. The minimum absolute atomic E-state index is 0.899. The Hall–Kier alpha value is -7.69. The van der Waals surface area contributed by atoms with Crippen molar-refractivity contribution in [3.63, 3.8) is 0 Å². The molecule has 0 spiro atoms. The summed E-state index contributed by atoms with van der Waals surface area (Å²) in [7, 11) is 0. The topological polar surface area (TPSA) is 34.2 Å². The highest BCUT2D eigenvalue weighted by Crippen LogP contribution is 2.43. The van der Waals surface area contributed by atoms with Crippen LogP contribution < -0.4 is 4.90 Å². The number of hydrogen-bond donors (Lipinski definition) is 0. The number of benzene rings is 8. The van der Waals surface area contributed by atoms with Crippen molar-refractivity contribution in [2.45, 2.75) is 0 Å². The van der Waals surface area contributed by atoms with Gasteiger partial charge in [0.2, 0.25) is 0 Å². The number of anilines is 3. The molecule has 0 aliphatic rings. The van der Waals surface area contributed by atoms with E-state index in [2.05, 4.69) is 198 Å². The molecule has 0 aliphatic heterocycles. The number of nitrogens with zero attached hydrogens (tertiary/aromatic N) is 3. The van der Waals surface area contributed by atoms with Gasteiger partial charge < -0.3 is 9.32 Å². The summed E-state index contributed by atoms with van der Waals surface area (Å²) < 4.78 is 8.74. The fraction of sp³-hybridized carbons (Fsp3) is 0. The van der Waals surface area contributed by atoms with E-state index in [-0.39, 0.29) is 0 Å². The van der Waals surface area contributed by atoms with Crippen molar-refractivity contribution in [2.24, 2.45) is 0 Å². The van der Waals surface area contributed by atoms with Gasteiger partial charge in [0.1, 0.15) is 16.8 Å². The van der Waals surface area contributed by atoms with Crippen molar-refractivity contribution in [1.82, 2.24) is 9.55 Å². The highest BCUT2D eigenvalue weighted by atomic mass is 16.3. The first kappa shape index (κ1) is 32.7. The minimum atomic E-state index is 0.899. The number of rotatable bonds is 7. The largest absolute Gasteiger partial charge is 0.455 e. The molecular weight excluding hydrogens is 695 g/mol. The van der Waals surface area contributed by atoms with Crippen molar-refractivity contribution in [3.8, 4) is 39.1 Å². The van der Waals surface area contributed by atoms with Gasteiger partial charge in [0.15, 0.2) is 0 Å². The predicted octanol–water partition coefficient (Wildman–Crippen LogP) is 14.5. The van der Waals surface area contributed by atoms with Crippen molar-refractivity contribution in [1.29, 1.82) is 0 Å². The van der Waals surface area contributed by atoms with Gasteiger partial charge in [-0.25, -0.2) is 4.98 Å². The van der Waals surface area contributed by atoms with Crippen LogP contribution in [0.1, 0.15) is 0 Å². The smallest absolute Gasteiger partial charge is 0.145 e. The first-order valence-electron chi connectivity index (χ1n) is 19.3. The summed E-state index contributed by atoms with van der Waals surface area (Å²) >= 11 is 0. The normalized spacial score (nSPS) is 11.5. The third-order valence-electron chi connectivity index (χ3n) is 11.1. The quantitative estimate of drug-likeness (QED) is 0.164. The molecule has 4 nitrogen and oxygen atoms in total. The zero-order valence-electron chi connectivity index (χ0n) is 31.0. The summed E-state index contributed by atoms with van der Waals surface area (Å²) in [5.41, 5.74) is 14.9. The third kappa shape index (κ3) is 5.58. The molecule has 0 fully saturated rings. The monoisotopic (exact) mass is 729 g/mol. The van der Waals surface area contributed by atoms with Gasteiger partial charge >= 0.3 is 0 Å². The van der Waals surface area contributed by atoms with E-state index in [4.69, 9.17) is 9.40 Å². The molecule has 0 aliphatic carbocycles. The maximum Gasteiger partial charge on any atom is 0.145 e. The molecule has 57 heavy (non-hydrogen) atoms. The highest BCUT2D eigenvalue weighted by molar-refractivity contribution is 6.10. The first-order valence-corrected chi connectivity index (χ1v) is 19.3. The van der Waals surface area contributed by atoms with Crippen LogP contribution in [0, 0.1) is 0 Å². The van der Waals surface area contributed by atoms with E-state index in [0.717, 1.165) is 83.5 Å². The SMILES string of the molecule is c1ccc(-c2ccc(N(c3ccc(-c4cccc5c4oc4ccccc45)cc3)c3ccc(-n4c5ccccc5c5cccnc54)c(-c4ccccc4)c3)cc2)cc1. The molecule has 0 amide bonds. The van der Waals surface area contributed by atoms with Crippen LogP contribution >= 0.6 is 0 Å². The molecule has 0 radical (unpaired) electrons. The molecule has 0 saturated carbocycles. The molecule has 8 aromatic carbocycles. The summed E-state index contributed by atoms with van der Waals surface area (Å²) in [6.45, 7) is 0. The number of fused-ring (bicyclic) bond motifs is 6. The molecule has 3 aromatic heterocycles. The van der Waals surface area contributed by atoms with Crippen molar-refractivity contribution >= 4 is 60.9 Å². The molecule has 268 valence electrons. The number of para-hydroxylation sites is 3. The van der Waals surface area contributed by atoms with E-state index in [1.807, 2.05) is 24.4 Å². The molecular formula is C53H35N3O. The molecule has 0 atom stereocenters. The van der Waals surface area contributed by atoms with Crippen LogP contribution in [0.25, 0.3) is 82.9 Å². The van der Waals surface area contributed by atoms with E-state index in [1.54, 1.807) is 0 Å². The highest BCUT2D eigenvalue weighted by Gasteiger charge is 2.20. The van der Waals surface area contributed by atoms with E-state index in [0.29, 0.717) is 0 Å². The zero-order valence-corrected chi connectivity index (χ0v) is 31.0. The van der Waals surface area contributed by atoms with Crippen LogP contribution in [-0.4, -0.2) is 9.55 Å². The number of aromatic nitrogens is 2. The second-order valence-corrected chi connectivity index (χ2v) is 14.4. The van der Waals surface area contributed by atoms with Gasteiger partial charge in [0.05, 0.1) is 11.2 Å². The Bertz CT molecular complexity index is 3160. The summed E-state index contributed by atoms with van der Waals surface area (Å²) in [5.74, 6) is 0. The van der Waals surface area contributed by atoms with Crippen LogP contribution in [0.15, 0.2) is 217 Å². The standard InChI is InChI=1S/C53H35N3O/c1-3-13-36(14-4-1)37-24-28-40(29-25-37)55(41-30-26-39(27-31-41)43-19-11-20-46-45-18-8-10-23-51(45)57-52(43)46)42-32-33-50(48(35-42)38-15-5-2-6-16-38)56-49-22-9-7-17-44(49)47-21-12-34-54-53(47)56/h1-35H. The third-order valence-corrected chi connectivity index (χ3v) is 11.1. The summed E-state index contributed by atoms with van der Waals surface area (Å²) in [4.78, 5) is 7.27. The van der Waals surface area contributed by atoms with Crippen LogP contribution in [-0.2, 0) is 0 Å². The van der Waals surface area contributed by atoms with Crippen LogP contribution in [0.2, 0.25) is 0 Å². The summed E-state index contributed by atoms with van der Waals surface area (Å²) in [5, 5.41) is 4.57. The van der Waals surface area contributed by atoms with Crippen molar-refractivity contribution in [2.75, 3.05) is 4.90 Å². The van der Waals surface area contributed by atoms with Crippen molar-refractivity contribution in [3.05, 3.63) is 212 Å². The van der Waals surface area contributed by atoms with Crippen LogP contribution in [0.3, 0.4) is 0 Å². The molecule has 0 unspecified atom stereocenters. The van der Waals surface area contributed by atoms with Gasteiger partial charge in [0, 0.05) is 55.9 Å². The molecule has 3 heterocycles. The number of furan rings is 1. The van der Waals surface area contributed by atoms with Crippen molar-refractivity contribution < 1.29 is 4.42 Å². The van der Waals surface area contributed by atoms with E-state index < -0.39 is 0 Å². The maximum absolute atomic E-state index is 6.44. The maximum atomic E-state index is 6.44. The Kier molecular flexibility index (Phi) is 7.78. The Morgan fingerprint density at radius 3 is 1.75 bits per heavy atom. The number of hydrogen-bond acceptors (Lipinski definition) is 3. The molecule has 0 saturated heterocycles. The van der Waals surface area contributed by atoms with E-state index in [9.17, 15) is 0 Å². The van der Waals surface area contributed by atoms with Gasteiger partial charge in [-0.05, 0) is 89.0 Å². The predicted molar refractivity (Wildman–Crippen MR) is 237 cm³/mol. The van der Waals surface area contributed by atoms with Gasteiger partial charge in [-0.3, -0.25) is 4.57 Å². The van der Waals surface area contributed by atoms with Gasteiger partial charge in [0.25, 0.3) is 0 Å². The Balaban J connectivity index is 1.09. The van der Waals surface area contributed by atoms with E-state index in [1.165, 1.54) is 16.5 Å². The average molecular weight is 730 g/mol. The Morgan fingerprint density at radius 2 is 0.982 bits per heavy atom. The van der Waals surface area contributed by atoms with Gasteiger partial charge in [-0.15, -0.1) is 0 Å². The number of pyridine rings is 1. The van der Waals surface area contributed by atoms with E-state index >= 15 is 0 Å². The minimum Gasteiger partial charge on any atom is -0.455 e. The zero-order chi connectivity index (χ0) is 37.7. The summed E-state index contributed by atoms with van der Waals surface area (Å²) in [6, 6.07) is 73.2. The Labute approximate surface area is 330 Å². The lowest BCUT2D eigenvalue weighted by atomic mass is 10.00. The molecule has 11 rings (SSSR count). The fourth-order valence-corrected chi connectivity index (χ4v) is 8.39. The first-order chi connectivity index (χ1) is 28.3. The molecule has 11 aromatic rings. The van der Waals surface area contributed by atoms with Crippen LogP contribution in [0.4, 0.5) is 17.1 Å². The Morgan fingerprint density at radius 1 is 0.404 bits per heavy atom.